The quantitative estimate of drug-likeness (QED) is 0.690. The van der Waals surface area contributed by atoms with Crippen molar-refractivity contribution in [2.24, 2.45) is 14.1 Å². The van der Waals surface area contributed by atoms with E-state index in [1.54, 1.807) is 31.6 Å². The molecule has 0 bridgehead atoms. The molecule has 0 radical (unpaired) electrons. The Morgan fingerprint density at radius 1 is 1.22 bits per heavy atom. The minimum absolute atomic E-state index is 0.333. The molecule has 0 atom stereocenters. The molecule has 1 N–H and O–H groups in total. The number of furan rings is 1. The first kappa shape index (κ1) is 10.6. The Hall–Kier alpha value is -2.50. The predicted octanol–water partition coefficient (Wildman–Crippen LogP) is 0.825. The van der Waals surface area contributed by atoms with Gasteiger partial charge in [-0.2, -0.15) is 0 Å². The molecule has 0 aromatic carbocycles. The van der Waals surface area contributed by atoms with Gasteiger partial charge in [-0.3, -0.25) is 13.9 Å². The third-order valence-corrected chi connectivity index (χ3v) is 3.07. The summed E-state index contributed by atoms with van der Waals surface area (Å²) in [7, 11) is 3.08. The number of hydrogen-bond donors (Lipinski definition) is 1. The van der Waals surface area contributed by atoms with Gasteiger partial charge in [0.15, 0.2) is 0 Å². The average Bonchev–Trinajstić information content (AvgIpc) is 3.01. The Bertz CT molecular complexity index is 834. The monoisotopic (exact) mass is 245 g/mol. The lowest BCUT2D eigenvalue weighted by Gasteiger charge is -2.03. The number of hydrogen-bond acceptors (Lipinski definition) is 3. The Labute approximate surface area is 101 Å². The average molecular weight is 245 g/mol. The van der Waals surface area contributed by atoms with Gasteiger partial charge in [0.1, 0.15) is 11.4 Å². The van der Waals surface area contributed by atoms with Crippen molar-refractivity contribution in [1.82, 2.24) is 14.1 Å². The highest BCUT2D eigenvalue weighted by Crippen LogP contribution is 2.25. The topological polar surface area (TPSA) is 72.9 Å². The number of nitrogens with one attached hydrogen (secondary N) is 1. The summed E-state index contributed by atoms with van der Waals surface area (Å²) in [4.78, 5) is 26.9. The van der Waals surface area contributed by atoms with Gasteiger partial charge < -0.3 is 9.40 Å². The van der Waals surface area contributed by atoms with Gasteiger partial charge in [0.2, 0.25) is 0 Å². The third-order valence-electron chi connectivity index (χ3n) is 3.07. The van der Waals surface area contributed by atoms with Gasteiger partial charge in [0.25, 0.3) is 5.56 Å². The molecule has 0 aliphatic carbocycles. The van der Waals surface area contributed by atoms with Crippen LogP contribution in [0.1, 0.15) is 0 Å². The summed E-state index contributed by atoms with van der Waals surface area (Å²) in [6.45, 7) is 0. The van der Waals surface area contributed by atoms with Crippen LogP contribution >= 0.6 is 0 Å². The fourth-order valence-corrected chi connectivity index (χ4v) is 2.09. The molecule has 3 aromatic heterocycles. The summed E-state index contributed by atoms with van der Waals surface area (Å²) in [5.41, 5.74) is 0.460. The van der Waals surface area contributed by atoms with Crippen LogP contribution in [0.2, 0.25) is 0 Å². The van der Waals surface area contributed by atoms with Crippen molar-refractivity contribution in [3.05, 3.63) is 45.4 Å². The molecular weight excluding hydrogens is 234 g/mol. The summed E-state index contributed by atoms with van der Waals surface area (Å²) in [5.74, 6) is 0.594. The smallest absolute Gasteiger partial charge is 0.332 e. The zero-order valence-electron chi connectivity index (χ0n) is 9.93. The molecule has 6 nitrogen and oxygen atoms in total. The number of nitrogens with zero attached hydrogens (tertiary/aromatic N) is 2. The van der Waals surface area contributed by atoms with E-state index in [0.717, 1.165) is 4.57 Å². The van der Waals surface area contributed by atoms with Gasteiger partial charge in [-0.25, -0.2) is 4.79 Å². The third kappa shape index (κ3) is 1.22. The number of H-pyrrole nitrogens is 1. The molecule has 0 saturated heterocycles. The number of fused-ring (bicyclic) bond motifs is 1. The molecule has 0 fully saturated rings. The van der Waals surface area contributed by atoms with E-state index in [2.05, 4.69) is 4.98 Å². The zero-order valence-corrected chi connectivity index (χ0v) is 9.93. The maximum absolute atomic E-state index is 12.2. The molecule has 3 rings (SSSR count). The summed E-state index contributed by atoms with van der Waals surface area (Å²) >= 11 is 0. The molecule has 0 aliphatic heterocycles. The molecule has 0 saturated carbocycles. The highest BCUT2D eigenvalue weighted by Gasteiger charge is 2.16. The van der Waals surface area contributed by atoms with E-state index in [9.17, 15) is 9.59 Å². The second-order valence-corrected chi connectivity index (χ2v) is 4.11. The van der Waals surface area contributed by atoms with Crippen LogP contribution in [0.15, 0.2) is 38.6 Å². The lowest BCUT2D eigenvalue weighted by molar-refractivity contribution is 0.583. The first-order chi connectivity index (χ1) is 8.61. The maximum Gasteiger partial charge on any atom is 0.332 e. The first-order valence-electron chi connectivity index (χ1n) is 5.42. The molecule has 0 unspecified atom stereocenters. The van der Waals surface area contributed by atoms with Crippen molar-refractivity contribution in [2.75, 3.05) is 0 Å². The van der Waals surface area contributed by atoms with Crippen LogP contribution in [0.25, 0.3) is 22.4 Å². The van der Waals surface area contributed by atoms with Gasteiger partial charge in [-0.15, -0.1) is 0 Å². The van der Waals surface area contributed by atoms with Gasteiger partial charge >= 0.3 is 5.69 Å². The highest BCUT2D eigenvalue weighted by molar-refractivity contribution is 5.91. The van der Waals surface area contributed by atoms with E-state index in [0.29, 0.717) is 22.4 Å². The molecule has 3 heterocycles. The van der Waals surface area contributed by atoms with Crippen molar-refractivity contribution in [3.63, 3.8) is 0 Å². The standard InChI is InChI=1S/C12H11N3O3/c1-14-10-9(11(16)15(2)12(14)17)7(6-13-10)8-4-3-5-18-8/h3-6,13H,1-2H3. The van der Waals surface area contributed by atoms with Gasteiger partial charge in [-0.1, -0.05) is 0 Å². The Morgan fingerprint density at radius 3 is 2.67 bits per heavy atom. The Kier molecular flexibility index (Phi) is 2.07. The summed E-state index contributed by atoms with van der Waals surface area (Å²) in [5, 5.41) is 0.453. The fourth-order valence-electron chi connectivity index (χ4n) is 2.09. The number of aromatic nitrogens is 3. The Balaban J connectivity index is 2.53. The van der Waals surface area contributed by atoms with E-state index in [-0.39, 0.29) is 11.2 Å². The van der Waals surface area contributed by atoms with E-state index < -0.39 is 0 Å². The molecule has 0 amide bonds. The lowest BCUT2D eigenvalue weighted by atomic mass is 10.2. The van der Waals surface area contributed by atoms with Crippen LogP contribution in [-0.2, 0) is 14.1 Å². The van der Waals surface area contributed by atoms with Gasteiger partial charge in [0.05, 0.1) is 11.6 Å². The summed E-state index contributed by atoms with van der Waals surface area (Å²) in [6.07, 6.45) is 3.21. The second-order valence-electron chi connectivity index (χ2n) is 4.11. The van der Waals surface area contributed by atoms with Crippen molar-refractivity contribution < 1.29 is 4.42 Å². The van der Waals surface area contributed by atoms with Crippen molar-refractivity contribution >= 4 is 11.0 Å². The highest BCUT2D eigenvalue weighted by atomic mass is 16.3. The van der Waals surface area contributed by atoms with Crippen LogP contribution in [0.5, 0.6) is 0 Å². The molecule has 3 aromatic rings. The zero-order chi connectivity index (χ0) is 12.9. The van der Waals surface area contributed by atoms with Crippen molar-refractivity contribution in [1.29, 1.82) is 0 Å². The number of rotatable bonds is 1. The van der Waals surface area contributed by atoms with Crippen LogP contribution in [-0.4, -0.2) is 14.1 Å². The van der Waals surface area contributed by atoms with Crippen LogP contribution < -0.4 is 11.2 Å². The molecule has 0 aliphatic rings. The van der Waals surface area contributed by atoms with E-state index in [1.807, 2.05) is 0 Å². The van der Waals surface area contributed by atoms with Crippen molar-refractivity contribution in [3.8, 4) is 11.3 Å². The summed E-state index contributed by atoms with van der Waals surface area (Å²) < 4.78 is 7.79. The van der Waals surface area contributed by atoms with Gasteiger partial charge in [0, 0.05) is 25.9 Å². The molecular formula is C12H11N3O3. The molecule has 0 spiro atoms. The van der Waals surface area contributed by atoms with Crippen molar-refractivity contribution in [2.45, 2.75) is 0 Å². The first-order valence-corrected chi connectivity index (χ1v) is 5.42. The van der Waals surface area contributed by atoms with Crippen LogP contribution in [0, 0.1) is 0 Å². The SMILES string of the molecule is Cn1c(=O)c2c(-c3ccco3)c[nH]c2n(C)c1=O. The normalized spacial score (nSPS) is 11.2. The van der Waals surface area contributed by atoms with E-state index in [4.69, 9.17) is 4.42 Å². The minimum Gasteiger partial charge on any atom is -0.464 e. The largest absolute Gasteiger partial charge is 0.464 e. The number of aromatic amines is 1. The van der Waals surface area contributed by atoms with E-state index in [1.165, 1.54) is 11.6 Å². The van der Waals surface area contributed by atoms with Crippen LogP contribution in [0.3, 0.4) is 0 Å². The maximum atomic E-state index is 12.2. The van der Waals surface area contributed by atoms with E-state index >= 15 is 0 Å². The predicted molar refractivity (Wildman–Crippen MR) is 66.5 cm³/mol. The Morgan fingerprint density at radius 2 is 2.00 bits per heavy atom. The molecule has 92 valence electrons. The second kappa shape index (κ2) is 3.49. The summed E-state index contributed by atoms with van der Waals surface area (Å²) in [6, 6.07) is 3.52. The lowest BCUT2D eigenvalue weighted by Crippen LogP contribution is -2.36. The molecule has 6 heteroatoms. The minimum atomic E-state index is -0.361. The van der Waals surface area contributed by atoms with Gasteiger partial charge in [-0.05, 0) is 12.1 Å². The number of aryl methyl sites for hydroxylation is 1. The molecule has 18 heavy (non-hydrogen) atoms. The fraction of sp³-hybridized carbons (Fsp3) is 0.167. The van der Waals surface area contributed by atoms with Crippen LogP contribution in [0.4, 0.5) is 0 Å².